The lowest BCUT2D eigenvalue weighted by atomic mass is 10.0. The Balaban J connectivity index is 1.74. The van der Waals surface area contributed by atoms with Crippen molar-refractivity contribution in [2.24, 2.45) is 0 Å². The molecule has 1 fully saturated rings. The minimum absolute atomic E-state index is 0.0695. The summed E-state index contributed by atoms with van der Waals surface area (Å²) in [5, 5.41) is 29.1. The van der Waals surface area contributed by atoms with Crippen molar-refractivity contribution in [2.45, 2.75) is 128 Å². The van der Waals surface area contributed by atoms with E-state index in [-0.39, 0.29) is 13.2 Å². The van der Waals surface area contributed by atoms with Crippen molar-refractivity contribution in [3.63, 3.8) is 0 Å². The highest BCUT2D eigenvalue weighted by Crippen LogP contribution is 2.18. The summed E-state index contributed by atoms with van der Waals surface area (Å²) in [6, 6.07) is 0. The van der Waals surface area contributed by atoms with Gasteiger partial charge in [0.15, 0.2) is 0 Å². The predicted molar refractivity (Wildman–Crippen MR) is 123 cm³/mol. The van der Waals surface area contributed by atoms with Gasteiger partial charge >= 0.3 is 0 Å². The van der Waals surface area contributed by atoms with Crippen LogP contribution < -0.4 is 0 Å². The Morgan fingerprint density at radius 1 is 0.833 bits per heavy atom. The van der Waals surface area contributed by atoms with Crippen LogP contribution in [0.5, 0.6) is 0 Å². The molecule has 1 saturated heterocycles. The molecule has 0 amide bonds. The molecular weight excluding hydrogens is 380 g/mol. The molecule has 1 aliphatic rings. The van der Waals surface area contributed by atoms with Crippen LogP contribution in [-0.4, -0.2) is 59.6 Å². The second kappa shape index (κ2) is 19.2. The average Bonchev–Trinajstić information content (AvgIpc) is 3.08. The van der Waals surface area contributed by atoms with Crippen LogP contribution in [0.2, 0.25) is 0 Å². The van der Waals surface area contributed by atoms with Crippen molar-refractivity contribution in [2.75, 3.05) is 19.8 Å². The molecule has 5 heteroatoms. The van der Waals surface area contributed by atoms with E-state index in [1.165, 1.54) is 77.0 Å². The van der Waals surface area contributed by atoms with Gasteiger partial charge in [0.05, 0.1) is 13.2 Å². The summed E-state index contributed by atoms with van der Waals surface area (Å²) in [4.78, 5) is 0. The third kappa shape index (κ3) is 13.8. The lowest BCUT2D eigenvalue weighted by molar-refractivity contribution is -0.0813. The highest BCUT2D eigenvalue weighted by atomic mass is 16.5. The van der Waals surface area contributed by atoms with Crippen molar-refractivity contribution >= 4 is 0 Å². The third-order valence-electron chi connectivity index (χ3n) is 5.92. The Morgan fingerprint density at radius 2 is 1.37 bits per heavy atom. The number of allylic oxidation sites excluding steroid dienone is 2. The molecule has 0 aromatic carbocycles. The number of aliphatic hydroxyl groups is 3. The monoisotopic (exact) mass is 428 g/mol. The summed E-state index contributed by atoms with van der Waals surface area (Å²) in [6.07, 6.45) is 20.5. The van der Waals surface area contributed by atoms with Crippen LogP contribution in [0.25, 0.3) is 0 Å². The summed E-state index contributed by atoms with van der Waals surface area (Å²) >= 11 is 0. The molecule has 178 valence electrons. The fourth-order valence-electron chi connectivity index (χ4n) is 3.96. The summed E-state index contributed by atoms with van der Waals surface area (Å²) in [5.41, 5.74) is 0. The molecule has 1 rings (SSSR count). The van der Waals surface area contributed by atoms with Crippen LogP contribution >= 0.6 is 0 Å². The van der Waals surface area contributed by atoms with E-state index in [1.807, 2.05) is 0 Å². The maximum atomic E-state index is 9.96. The molecule has 0 bridgehead atoms. The van der Waals surface area contributed by atoms with E-state index in [0.717, 1.165) is 19.3 Å². The molecular formula is C25H48O5. The van der Waals surface area contributed by atoms with Gasteiger partial charge in [-0.1, -0.05) is 89.7 Å². The van der Waals surface area contributed by atoms with Crippen LogP contribution in [-0.2, 0) is 9.47 Å². The van der Waals surface area contributed by atoms with Crippen LogP contribution in [0.4, 0.5) is 0 Å². The fraction of sp³-hybridized carbons (Fsp3) is 0.920. The first-order valence-electron chi connectivity index (χ1n) is 12.5. The quantitative estimate of drug-likeness (QED) is 0.190. The SMILES string of the molecule is CC/C=C/CCCCCCCCCCCCCCCOC[C@H](O)[C@H]1OC[C@@H](O)[C@H]1O. The molecule has 0 spiro atoms. The first-order chi connectivity index (χ1) is 14.7. The number of hydrogen-bond donors (Lipinski definition) is 3. The number of hydrogen-bond acceptors (Lipinski definition) is 5. The Bertz CT molecular complexity index is 401. The van der Waals surface area contributed by atoms with Crippen LogP contribution in [0.15, 0.2) is 12.2 Å². The molecule has 0 saturated carbocycles. The van der Waals surface area contributed by atoms with Gasteiger partial charge in [0.25, 0.3) is 0 Å². The molecule has 1 heterocycles. The van der Waals surface area contributed by atoms with Gasteiger partial charge in [-0.3, -0.25) is 0 Å². The highest BCUT2D eigenvalue weighted by Gasteiger charge is 2.39. The van der Waals surface area contributed by atoms with E-state index in [0.29, 0.717) is 6.61 Å². The Hall–Kier alpha value is -0.460. The number of rotatable bonds is 20. The first-order valence-corrected chi connectivity index (χ1v) is 12.5. The standard InChI is InChI=1S/C25H48O5/c1-2-3-4-5-6-7-8-9-10-11-12-13-14-15-16-17-18-19-29-20-23(27)25-24(28)22(26)21-30-25/h3-4,22-28H,2,5-21H2,1H3/b4-3+/t22-,23+,24-,25-/m1/s1. The van der Waals surface area contributed by atoms with Gasteiger partial charge in [-0.05, 0) is 25.7 Å². The second-order valence-electron chi connectivity index (χ2n) is 8.76. The Morgan fingerprint density at radius 3 is 1.87 bits per heavy atom. The molecule has 30 heavy (non-hydrogen) atoms. The summed E-state index contributed by atoms with van der Waals surface area (Å²) in [7, 11) is 0. The molecule has 0 aromatic rings. The Labute approximate surface area is 184 Å². The van der Waals surface area contributed by atoms with Gasteiger partial charge in [-0.2, -0.15) is 0 Å². The molecule has 0 aromatic heterocycles. The zero-order valence-corrected chi connectivity index (χ0v) is 19.4. The summed E-state index contributed by atoms with van der Waals surface area (Å²) in [5.74, 6) is 0. The van der Waals surface area contributed by atoms with Crippen molar-refractivity contribution in [1.29, 1.82) is 0 Å². The van der Waals surface area contributed by atoms with E-state index in [2.05, 4.69) is 19.1 Å². The third-order valence-corrected chi connectivity index (χ3v) is 5.92. The predicted octanol–water partition coefficient (Wildman–Crippen LogP) is 4.91. The van der Waals surface area contributed by atoms with Gasteiger partial charge < -0.3 is 24.8 Å². The van der Waals surface area contributed by atoms with Gasteiger partial charge in [-0.25, -0.2) is 0 Å². The van der Waals surface area contributed by atoms with Crippen LogP contribution in [0.1, 0.15) is 103 Å². The number of ether oxygens (including phenoxy) is 2. The molecule has 0 aliphatic carbocycles. The summed E-state index contributed by atoms with van der Waals surface area (Å²) < 4.78 is 10.7. The van der Waals surface area contributed by atoms with Crippen molar-refractivity contribution in [1.82, 2.24) is 0 Å². The van der Waals surface area contributed by atoms with Gasteiger partial charge in [0, 0.05) is 6.61 Å². The van der Waals surface area contributed by atoms with Crippen LogP contribution in [0.3, 0.4) is 0 Å². The minimum Gasteiger partial charge on any atom is -0.388 e. The zero-order valence-electron chi connectivity index (χ0n) is 19.4. The van der Waals surface area contributed by atoms with Crippen molar-refractivity contribution in [3.05, 3.63) is 12.2 Å². The van der Waals surface area contributed by atoms with E-state index < -0.39 is 24.4 Å². The van der Waals surface area contributed by atoms with Crippen molar-refractivity contribution in [3.8, 4) is 0 Å². The van der Waals surface area contributed by atoms with Gasteiger partial charge in [0.2, 0.25) is 0 Å². The maximum Gasteiger partial charge on any atom is 0.114 e. The first kappa shape index (κ1) is 27.6. The van der Waals surface area contributed by atoms with E-state index in [4.69, 9.17) is 9.47 Å². The minimum atomic E-state index is -1.03. The van der Waals surface area contributed by atoms with E-state index in [1.54, 1.807) is 0 Å². The highest BCUT2D eigenvalue weighted by molar-refractivity contribution is 4.87. The van der Waals surface area contributed by atoms with E-state index in [9.17, 15) is 15.3 Å². The van der Waals surface area contributed by atoms with Crippen LogP contribution in [0, 0.1) is 0 Å². The van der Waals surface area contributed by atoms with Gasteiger partial charge in [0.1, 0.15) is 24.4 Å². The van der Waals surface area contributed by atoms with Crippen molar-refractivity contribution < 1.29 is 24.8 Å². The average molecular weight is 429 g/mol. The largest absolute Gasteiger partial charge is 0.388 e. The van der Waals surface area contributed by atoms with E-state index >= 15 is 0 Å². The number of aliphatic hydroxyl groups excluding tert-OH is 3. The molecule has 4 atom stereocenters. The smallest absolute Gasteiger partial charge is 0.114 e. The topological polar surface area (TPSA) is 79.2 Å². The molecule has 1 aliphatic heterocycles. The normalized spacial score (nSPS) is 22.9. The lowest BCUT2D eigenvalue weighted by Gasteiger charge is -2.20. The summed E-state index contributed by atoms with van der Waals surface area (Å²) in [6.45, 7) is 3.03. The maximum absolute atomic E-state index is 9.96. The molecule has 5 nitrogen and oxygen atoms in total. The molecule has 0 unspecified atom stereocenters. The zero-order chi connectivity index (χ0) is 21.9. The molecule has 3 N–H and O–H groups in total. The van der Waals surface area contributed by atoms with Gasteiger partial charge in [-0.15, -0.1) is 0 Å². The number of unbranched alkanes of at least 4 members (excludes halogenated alkanes) is 13. The second-order valence-corrected chi connectivity index (χ2v) is 8.76. The fourth-order valence-corrected chi connectivity index (χ4v) is 3.96. The molecule has 0 radical (unpaired) electrons. The lowest BCUT2D eigenvalue weighted by Crippen LogP contribution is -2.40. The Kier molecular flexibility index (Phi) is 17.7.